The van der Waals surface area contributed by atoms with Crippen LogP contribution in [0.2, 0.25) is 0 Å². The highest BCUT2D eigenvalue weighted by molar-refractivity contribution is 6.37. The topological polar surface area (TPSA) is 107 Å². The Morgan fingerprint density at radius 3 is 2.23 bits per heavy atom. The van der Waals surface area contributed by atoms with Crippen molar-refractivity contribution in [1.29, 1.82) is 0 Å². The Kier molecular flexibility index (Phi) is 4.29. The van der Waals surface area contributed by atoms with Crippen molar-refractivity contribution >= 4 is 34.4 Å². The Bertz CT molecular complexity index is 989. The summed E-state index contributed by atoms with van der Waals surface area (Å²) >= 11 is 0. The van der Waals surface area contributed by atoms with Gasteiger partial charge < -0.3 is 0 Å². The monoisotopic (exact) mass is 350 g/mol. The number of nitrogens with zero attached hydrogens (tertiary/aromatic N) is 2. The van der Waals surface area contributed by atoms with Gasteiger partial charge in [-0.25, -0.2) is 0 Å². The molecule has 0 amide bonds. The fourth-order valence-electron chi connectivity index (χ4n) is 2.92. The molecule has 2 aromatic rings. The molecule has 0 bridgehead atoms. The summed E-state index contributed by atoms with van der Waals surface area (Å²) in [5, 5.41) is 11.0. The summed E-state index contributed by atoms with van der Waals surface area (Å²) in [6.45, 7) is 2.74. The van der Waals surface area contributed by atoms with E-state index in [9.17, 15) is 24.5 Å². The molecule has 1 aliphatic rings. The first-order valence-electron chi connectivity index (χ1n) is 7.82. The molecule has 0 aromatic heterocycles. The molecule has 26 heavy (non-hydrogen) atoms. The number of benzene rings is 2. The lowest BCUT2D eigenvalue weighted by Gasteiger charge is -2.06. The normalized spacial score (nSPS) is 17.2. The Morgan fingerprint density at radius 1 is 1.04 bits per heavy atom. The molecule has 0 saturated carbocycles. The van der Waals surface area contributed by atoms with Crippen LogP contribution < -0.4 is 0 Å². The highest BCUT2D eigenvalue weighted by Gasteiger charge is 2.40. The van der Waals surface area contributed by atoms with Crippen LogP contribution >= 0.6 is 0 Å². The minimum absolute atomic E-state index is 0.0838. The Morgan fingerprint density at radius 2 is 1.69 bits per heavy atom. The maximum atomic E-state index is 12.6. The van der Waals surface area contributed by atoms with Gasteiger partial charge >= 0.3 is 0 Å². The highest BCUT2D eigenvalue weighted by atomic mass is 16.6. The van der Waals surface area contributed by atoms with E-state index in [1.165, 1.54) is 32.0 Å². The zero-order valence-corrected chi connectivity index (χ0v) is 14.1. The summed E-state index contributed by atoms with van der Waals surface area (Å²) in [5.74, 6) is -2.04. The largest absolute Gasteiger partial charge is 0.299 e. The van der Waals surface area contributed by atoms with E-state index in [0.29, 0.717) is 16.8 Å². The van der Waals surface area contributed by atoms with Gasteiger partial charge in [-0.2, -0.15) is 0 Å². The molecule has 7 heteroatoms. The maximum Gasteiger partial charge on any atom is 0.270 e. The first-order chi connectivity index (χ1) is 12.3. The second kappa shape index (κ2) is 6.44. The minimum atomic E-state index is -1.08. The van der Waals surface area contributed by atoms with Crippen LogP contribution in [0.3, 0.4) is 0 Å². The molecule has 1 aliphatic carbocycles. The van der Waals surface area contributed by atoms with E-state index in [2.05, 4.69) is 4.99 Å². The van der Waals surface area contributed by atoms with Crippen LogP contribution in [0.25, 0.3) is 0 Å². The summed E-state index contributed by atoms with van der Waals surface area (Å²) in [4.78, 5) is 50.7. The number of fused-ring (bicyclic) bond motifs is 1. The minimum Gasteiger partial charge on any atom is -0.299 e. The molecule has 1 unspecified atom stereocenters. The van der Waals surface area contributed by atoms with E-state index in [4.69, 9.17) is 0 Å². The lowest BCUT2D eigenvalue weighted by atomic mass is 9.99. The van der Waals surface area contributed by atoms with E-state index in [-0.39, 0.29) is 28.5 Å². The molecule has 2 aromatic carbocycles. The SMILES string of the molecule is CC(=O)c1ccc(N=C2c3ccc([N+](=O)[O-])cc3C(=O)C2C(C)=O)cc1. The van der Waals surface area contributed by atoms with Crippen LogP contribution in [0.5, 0.6) is 0 Å². The summed E-state index contributed by atoms with van der Waals surface area (Å²) < 4.78 is 0. The zero-order chi connectivity index (χ0) is 19.0. The average molecular weight is 350 g/mol. The summed E-state index contributed by atoms with van der Waals surface area (Å²) in [7, 11) is 0. The first kappa shape index (κ1) is 17.3. The van der Waals surface area contributed by atoms with Crippen LogP contribution in [-0.2, 0) is 4.79 Å². The van der Waals surface area contributed by atoms with Crippen LogP contribution in [-0.4, -0.2) is 28.0 Å². The number of hydrogen-bond donors (Lipinski definition) is 0. The van der Waals surface area contributed by atoms with E-state index in [1.54, 1.807) is 24.3 Å². The number of carbonyl (C=O) groups excluding carboxylic acids is 3. The predicted molar refractivity (Wildman–Crippen MR) is 94.2 cm³/mol. The van der Waals surface area contributed by atoms with Gasteiger partial charge in [0.1, 0.15) is 11.7 Å². The van der Waals surface area contributed by atoms with E-state index >= 15 is 0 Å². The van der Waals surface area contributed by atoms with Gasteiger partial charge in [-0.1, -0.05) is 0 Å². The molecule has 3 rings (SSSR count). The van der Waals surface area contributed by atoms with Crippen molar-refractivity contribution < 1.29 is 19.3 Å². The van der Waals surface area contributed by atoms with E-state index in [1.807, 2.05) is 0 Å². The molecule has 0 fully saturated rings. The molecule has 0 N–H and O–H groups in total. The first-order valence-corrected chi connectivity index (χ1v) is 7.82. The fourth-order valence-corrected chi connectivity index (χ4v) is 2.92. The Hall–Kier alpha value is -3.48. The fraction of sp³-hybridized carbons (Fsp3) is 0.158. The third-order valence-corrected chi connectivity index (χ3v) is 4.22. The molecular weight excluding hydrogens is 336 g/mol. The number of Topliss-reactive ketones (excluding diaryl/α,β-unsaturated/α-hetero) is 3. The van der Waals surface area contributed by atoms with Crippen LogP contribution in [0.1, 0.15) is 40.1 Å². The third-order valence-electron chi connectivity index (χ3n) is 4.22. The number of nitro benzene ring substituents is 1. The predicted octanol–water partition coefficient (Wildman–Crippen LogP) is 3.32. The Balaban J connectivity index is 2.13. The molecule has 7 nitrogen and oxygen atoms in total. The van der Waals surface area contributed by atoms with Crippen LogP contribution in [0.4, 0.5) is 11.4 Å². The smallest absolute Gasteiger partial charge is 0.270 e. The standard InChI is InChI=1S/C19H14N2O5/c1-10(22)12-3-5-13(6-4-12)20-18-15-8-7-14(21(25)26)9-16(15)19(24)17(18)11(2)23/h3-9,17H,1-2H3. The van der Waals surface area contributed by atoms with Gasteiger partial charge in [0.2, 0.25) is 0 Å². The van der Waals surface area contributed by atoms with Crippen LogP contribution in [0, 0.1) is 16.0 Å². The second-order valence-electron chi connectivity index (χ2n) is 6.00. The van der Waals surface area contributed by atoms with Crippen LogP contribution in [0.15, 0.2) is 47.5 Å². The van der Waals surface area contributed by atoms with Crippen molar-refractivity contribution in [1.82, 2.24) is 0 Å². The molecule has 0 aliphatic heterocycles. The van der Waals surface area contributed by atoms with Gasteiger partial charge in [-0.15, -0.1) is 0 Å². The van der Waals surface area contributed by atoms with Crippen molar-refractivity contribution in [2.75, 3.05) is 0 Å². The number of ketones is 3. The van der Waals surface area contributed by atoms with Crippen molar-refractivity contribution in [3.05, 3.63) is 69.3 Å². The molecule has 0 heterocycles. The van der Waals surface area contributed by atoms with Crippen molar-refractivity contribution in [3.8, 4) is 0 Å². The summed E-state index contributed by atoms with van der Waals surface area (Å²) in [6, 6.07) is 10.4. The summed E-state index contributed by atoms with van der Waals surface area (Å²) in [5.41, 5.74) is 1.59. The van der Waals surface area contributed by atoms with E-state index < -0.39 is 16.6 Å². The highest BCUT2D eigenvalue weighted by Crippen LogP contribution is 2.32. The van der Waals surface area contributed by atoms with Gasteiger partial charge in [0, 0.05) is 28.8 Å². The van der Waals surface area contributed by atoms with Gasteiger partial charge in [0.15, 0.2) is 11.6 Å². The lowest BCUT2D eigenvalue weighted by Crippen LogP contribution is -2.23. The van der Waals surface area contributed by atoms with Gasteiger partial charge in [0.25, 0.3) is 5.69 Å². The summed E-state index contributed by atoms with van der Waals surface area (Å²) in [6.07, 6.45) is 0. The lowest BCUT2D eigenvalue weighted by molar-refractivity contribution is -0.384. The molecule has 0 radical (unpaired) electrons. The molecule has 0 spiro atoms. The van der Waals surface area contributed by atoms with E-state index in [0.717, 1.165) is 0 Å². The Labute approximate surface area is 148 Å². The third kappa shape index (κ3) is 2.95. The van der Waals surface area contributed by atoms with Gasteiger partial charge in [0.05, 0.1) is 16.3 Å². The molecular formula is C19H14N2O5. The number of non-ortho nitro benzene ring substituents is 1. The number of rotatable bonds is 4. The number of hydrogen-bond acceptors (Lipinski definition) is 6. The van der Waals surface area contributed by atoms with Gasteiger partial charge in [-0.3, -0.25) is 29.5 Å². The van der Waals surface area contributed by atoms with Gasteiger partial charge in [-0.05, 0) is 44.2 Å². The average Bonchev–Trinajstić information content (AvgIpc) is 2.87. The number of carbonyl (C=O) groups is 3. The zero-order valence-electron chi connectivity index (χ0n) is 14.1. The van der Waals surface area contributed by atoms with Crippen molar-refractivity contribution in [3.63, 3.8) is 0 Å². The second-order valence-corrected chi connectivity index (χ2v) is 6.00. The maximum absolute atomic E-state index is 12.6. The van der Waals surface area contributed by atoms with Crippen molar-refractivity contribution in [2.45, 2.75) is 13.8 Å². The molecule has 130 valence electrons. The number of aliphatic imine (C=N–C) groups is 1. The molecule has 0 saturated heterocycles. The number of nitro groups is 1. The van der Waals surface area contributed by atoms with Crippen molar-refractivity contribution in [2.24, 2.45) is 10.9 Å². The quantitative estimate of drug-likeness (QED) is 0.364. The molecule has 1 atom stereocenters.